The summed E-state index contributed by atoms with van der Waals surface area (Å²) in [5.74, 6) is 0. The maximum absolute atomic E-state index is 9.65. The van der Waals surface area contributed by atoms with Gasteiger partial charge in [0.1, 0.15) is 0 Å². The molecule has 0 rings (SSSR count). The molecule has 9 heavy (non-hydrogen) atoms. The fourth-order valence-corrected chi connectivity index (χ4v) is 0.391. The lowest BCUT2D eigenvalue weighted by Gasteiger charge is -2.00. The number of nitrogens with zero attached hydrogens (tertiary/aromatic N) is 2. The van der Waals surface area contributed by atoms with Gasteiger partial charge >= 0.3 is 0 Å². The van der Waals surface area contributed by atoms with Gasteiger partial charge in [-0.05, 0) is 12.1 Å². The Hall–Kier alpha value is -0.840. The van der Waals surface area contributed by atoms with Crippen LogP contribution in [0.25, 0.3) is 0 Å². The molecule has 2 unspecified atom stereocenters. The van der Waals surface area contributed by atoms with Crippen molar-refractivity contribution in [3.8, 4) is 0 Å². The summed E-state index contributed by atoms with van der Waals surface area (Å²) >= 11 is 0. The molecule has 0 amide bonds. The van der Waals surface area contributed by atoms with E-state index in [0.29, 0.717) is 0 Å². The minimum atomic E-state index is -1.29. The number of aliphatic hydroxyl groups excluding tert-OH is 1. The molecule has 0 radical (unpaired) electrons. The van der Waals surface area contributed by atoms with Crippen LogP contribution in [-0.4, -0.2) is 17.4 Å². The Morgan fingerprint density at radius 3 is 2.33 bits per heavy atom. The molecule has 0 spiro atoms. The summed E-state index contributed by atoms with van der Waals surface area (Å²) in [5, 5.41) is 13.3. The molecule has 5 heteroatoms. The Balaban J connectivity index is 3.45. The van der Waals surface area contributed by atoms with Crippen LogP contribution in [0.5, 0.6) is 0 Å². The number of hydrogen-bond donors (Lipinski definition) is 1. The molecule has 0 aromatic heterocycles. The molecule has 0 aromatic rings. The maximum Gasteiger partial charge on any atom is 0.189 e. The third kappa shape index (κ3) is 3.72. The second-order valence-electron chi connectivity index (χ2n) is 1.78. The van der Waals surface area contributed by atoms with E-state index < -0.39 is 12.3 Å². The number of aliphatic hydroxyl groups is 1. The largest absolute Gasteiger partial charge is 0.369 e. The highest BCUT2D eigenvalue weighted by Crippen LogP contribution is 2.01. The molecule has 2 atom stereocenters. The molecule has 0 saturated heterocycles. The van der Waals surface area contributed by atoms with Crippen LogP contribution in [0.1, 0.15) is 13.3 Å². The van der Waals surface area contributed by atoms with Crippen LogP contribution in [0, 0.1) is 9.81 Å². The number of nitroso groups, excluding NO2 is 2. The highest BCUT2D eigenvalue weighted by molar-refractivity contribution is 4.62. The van der Waals surface area contributed by atoms with E-state index in [0.717, 1.165) is 0 Å². The predicted octanol–water partition coefficient (Wildman–Crippen LogP) is 0.616. The summed E-state index contributed by atoms with van der Waals surface area (Å²) < 4.78 is 0. The first kappa shape index (κ1) is 8.16. The molecule has 0 saturated carbocycles. The van der Waals surface area contributed by atoms with Crippen molar-refractivity contribution in [1.29, 1.82) is 0 Å². The summed E-state index contributed by atoms with van der Waals surface area (Å²) in [7, 11) is 0. The summed E-state index contributed by atoms with van der Waals surface area (Å²) in [6, 6.07) is -0.544. The van der Waals surface area contributed by atoms with Crippen molar-refractivity contribution in [3.05, 3.63) is 9.81 Å². The maximum atomic E-state index is 9.65. The third-order valence-electron chi connectivity index (χ3n) is 0.854. The van der Waals surface area contributed by atoms with Crippen molar-refractivity contribution < 1.29 is 5.11 Å². The van der Waals surface area contributed by atoms with E-state index in [9.17, 15) is 9.81 Å². The van der Waals surface area contributed by atoms with E-state index >= 15 is 0 Å². The smallest absolute Gasteiger partial charge is 0.189 e. The van der Waals surface area contributed by atoms with Gasteiger partial charge in [-0.3, -0.25) is 0 Å². The highest BCUT2D eigenvalue weighted by Gasteiger charge is 2.08. The SMILES string of the molecule is CC(CC(O)N=O)N=O. The van der Waals surface area contributed by atoms with Crippen LogP contribution >= 0.6 is 0 Å². The van der Waals surface area contributed by atoms with Crippen molar-refractivity contribution >= 4 is 0 Å². The molecule has 0 aliphatic heterocycles. The summed E-state index contributed by atoms with van der Waals surface area (Å²) in [5.41, 5.74) is 0. The van der Waals surface area contributed by atoms with Gasteiger partial charge < -0.3 is 5.11 Å². The second-order valence-corrected chi connectivity index (χ2v) is 1.78. The Labute approximate surface area is 52.0 Å². The van der Waals surface area contributed by atoms with Crippen LogP contribution < -0.4 is 0 Å². The first-order chi connectivity index (χ1) is 4.20. The molecule has 52 valence electrons. The van der Waals surface area contributed by atoms with Gasteiger partial charge in [0.15, 0.2) is 6.23 Å². The van der Waals surface area contributed by atoms with E-state index in [-0.39, 0.29) is 6.42 Å². The molecular weight excluding hydrogens is 124 g/mol. The predicted molar refractivity (Wildman–Crippen MR) is 31.7 cm³/mol. The molecule has 0 aromatic carbocycles. The fraction of sp³-hybridized carbons (Fsp3) is 1.00. The molecule has 1 N–H and O–H groups in total. The molecule has 0 bridgehead atoms. The first-order valence-electron chi connectivity index (χ1n) is 2.53. The zero-order valence-electron chi connectivity index (χ0n) is 5.02. The zero-order chi connectivity index (χ0) is 7.28. The molecule has 0 fully saturated rings. The van der Waals surface area contributed by atoms with Crippen LogP contribution in [0.2, 0.25) is 0 Å². The quantitative estimate of drug-likeness (QED) is 0.569. The Morgan fingerprint density at radius 1 is 1.44 bits per heavy atom. The monoisotopic (exact) mass is 132 g/mol. The van der Waals surface area contributed by atoms with Crippen molar-refractivity contribution in [2.75, 3.05) is 0 Å². The topological polar surface area (TPSA) is 79.1 Å². The summed E-state index contributed by atoms with van der Waals surface area (Å²) in [6.07, 6.45) is -1.29. The van der Waals surface area contributed by atoms with Gasteiger partial charge in [-0.2, -0.15) is 4.91 Å². The van der Waals surface area contributed by atoms with E-state index in [1.54, 1.807) is 0 Å². The summed E-state index contributed by atoms with van der Waals surface area (Å²) in [6.45, 7) is 1.50. The normalized spacial score (nSPS) is 16.2. The lowest BCUT2D eigenvalue weighted by atomic mass is 10.2. The standard InChI is InChI=1S/C4H8N2O3/c1-3(5-8)2-4(7)6-9/h3-4,7H,2H2,1H3. The van der Waals surface area contributed by atoms with Crippen molar-refractivity contribution in [1.82, 2.24) is 0 Å². The Morgan fingerprint density at radius 2 is 2.00 bits per heavy atom. The second kappa shape index (κ2) is 4.08. The Kier molecular flexibility index (Phi) is 3.70. The van der Waals surface area contributed by atoms with E-state index in [2.05, 4.69) is 10.4 Å². The number of rotatable bonds is 4. The fourth-order valence-electron chi connectivity index (χ4n) is 0.391. The summed E-state index contributed by atoms with van der Waals surface area (Å²) in [4.78, 5) is 19.2. The van der Waals surface area contributed by atoms with E-state index in [1.165, 1.54) is 6.92 Å². The van der Waals surface area contributed by atoms with Crippen LogP contribution in [-0.2, 0) is 0 Å². The average molecular weight is 132 g/mol. The minimum Gasteiger partial charge on any atom is -0.369 e. The Bertz CT molecular complexity index is 94.0. The lowest BCUT2D eigenvalue weighted by molar-refractivity contribution is 0.165. The number of hydrogen-bond acceptors (Lipinski definition) is 5. The van der Waals surface area contributed by atoms with Gasteiger partial charge in [-0.1, -0.05) is 5.18 Å². The lowest BCUT2D eigenvalue weighted by Crippen LogP contribution is -2.09. The average Bonchev–Trinajstić information content (AvgIpc) is 1.87. The first-order valence-corrected chi connectivity index (χ1v) is 2.53. The van der Waals surface area contributed by atoms with Gasteiger partial charge in [-0.25, -0.2) is 0 Å². The van der Waals surface area contributed by atoms with Gasteiger partial charge in [-0.15, -0.1) is 4.91 Å². The van der Waals surface area contributed by atoms with Crippen molar-refractivity contribution in [3.63, 3.8) is 0 Å². The molecule has 0 aliphatic carbocycles. The molecular formula is C4H8N2O3. The highest BCUT2D eigenvalue weighted by atomic mass is 16.3. The third-order valence-corrected chi connectivity index (χ3v) is 0.854. The van der Waals surface area contributed by atoms with Crippen LogP contribution in [0.15, 0.2) is 10.4 Å². The molecule has 0 heterocycles. The van der Waals surface area contributed by atoms with E-state index in [1.807, 2.05) is 0 Å². The van der Waals surface area contributed by atoms with Gasteiger partial charge in [0, 0.05) is 6.42 Å². The zero-order valence-corrected chi connectivity index (χ0v) is 5.02. The van der Waals surface area contributed by atoms with Gasteiger partial charge in [0.2, 0.25) is 0 Å². The molecule has 5 nitrogen and oxygen atoms in total. The van der Waals surface area contributed by atoms with Crippen LogP contribution in [0.3, 0.4) is 0 Å². The van der Waals surface area contributed by atoms with Crippen molar-refractivity contribution in [2.24, 2.45) is 10.4 Å². The van der Waals surface area contributed by atoms with E-state index in [4.69, 9.17) is 5.11 Å². The van der Waals surface area contributed by atoms with Gasteiger partial charge in [0.05, 0.1) is 6.04 Å². The minimum absolute atomic E-state index is 0.00694. The van der Waals surface area contributed by atoms with Gasteiger partial charge in [0.25, 0.3) is 0 Å². The van der Waals surface area contributed by atoms with Crippen LogP contribution in [0.4, 0.5) is 0 Å². The van der Waals surface area contributed by atoms with Crippen molar-refractivity contribution in [2.45, 2.75) is 25.6 Å². The molecule has 0 aliphatic rings.